The molecular weight excluding hydrogens is 106 g/mol. The van der Waals surface area contributed by atoms with Crippen molar-refractivity contribution >= 4 is 17.5 Å². The average molecular weight is 113 g/mol. The predicted octanol–water partition coefficient (Wildman–Crippen LogP) is 1.31. The van der Waals surface area contributed by atoms with E-state index in [1.165, 1.54) is 0 Å². The fourth-order valence-corrected chi connectivity index (χ4v) is 1.40. The minimum atomic E-state index is 0.727. The Morgan fingerprint density at radius 3 is 2.43 bits per heavy atom. The normalized spacial score (nSPS) is 21.1. The fraction of sp³-hybridized carbons (Fsp3) is 0.400. The predicted molar refractivity (Wildman–Crippen MR) is 34.2 cm³/mol. The minimum absolute atomic E-state index is 0.727. The summed E-state index contributed by atoms with van der Waals surface area (Å²) in [6.45, 7) is 3.69. The maximum atomic E-state index is 7.13. The van der Waals surface area contributed by atoms with Crippen LogP contribution >= 0.6 is 11.8 Å². The summed E-state index contributed by atoms with van der Waals surface area (Å²) in [6.07, 6.45) is 0. The van der Waals surface area contributed by atoms with Crippen molar-refractivity contribution in [1.82, 2.24) is 0 Å². The highest BCUT2D eigenvalue weighted by molar-refractivity contribution is 8.00. The third-order valence-corrected chi connectivity index (χ3v) is 1.99. The Morgan fingerprint density at radius 2 is 2.29 bits per heavy atom. The van der Waals surface area contributed by atoms with Crippen molar-refractivity contribution in [3.63, 3.8) is 0 Å². The molecule has 1 saturated heterocycles. The van der Waals surface area contributed by atoms with Crippen molar-refractivity contribution in [2.75, 3.05) is 11.5 Å². The molecule has 38 valence electrons. The van der Waals surface area contributed by atoms with E-state index in [9.17, 15) is 0 Å². The molecule has 1 aliphatic rings. The summed E-state index contributed by atoms with van der Waals surface area (Å²) >= 11 is 1.77. The van der Waals surface area contributed by atoms with Crippen LogP contribution in [0.15, 0.2) is 12.2 Å². The molecule has 0 spiro atoms. The van der Waals surface area contributed by atoms with E-state index in [4.69, 9.17) is 5.41 Å². The van der Waals surface area contributed by atoms with Crippen LogP contribution in [0.5, 0.6) is 0 Å². The number of nitrogens with one attached hydrogen (secondary N) is 1. The van der Waals surface area contributed by atoms with E-state index in [1.54, 1.807) is 11.8 Å². The molecule has 0 amide bonds. The molecule has 1 fully saturated rings. The molecular formula is C5H7NS. The van der Waals surface area contributed by atoms with Crippen LogP contribution in [-0.2, 0) is 0 Å². The van der Waals surface area contributed by atoms with Crippen molar-refractivity contribution in [3.8, 4) is 0 Å². The van der Waals surface area contributed by atoms with Crippen LogP contribution < -0.4 is 0 Å². The SMILES string of the molecule is C=C1CSCC1=N. The lowest BCUT2D eigenvalue weighted by molar-refractivity contribution is 1.47. The van der Waals surface area contributed by atoms with Gasteiger partial charge in [0.25, 0.3) is 0 Å². The monoisotopic (exact) mass is 113 g/mol. The second kappa shape index (κ2) is 1.70. The van der Waals surface area contributed by atoms with Crippen molar-refractivity contribution in [2.45, 2.75) is 0 Å². The molecule has 0 atom stereocenters. The van der Waals surface area contributed by atoms with Gasteiger partial charge in [0.05, 0.1) is 0 Å². The zero-order valence-electron chi connectivity index (χ0n) is 4.03. The second-order valence-corrected chi connectivity index (χ2v) is 2.56. The Morgan fingerprint density at radius 1 is 1.57 bits per heavy atom. The molecule has 0 aromatic heterocycles. The van der Waals surface area contributed by atoms with Crippen molar-refractivity contribution in [1.29, 1.82) is 5.41 Å². The summed E-state index contributed by atoms with van der Waals surface area (Å²) in [6, 6.07) is 0. The molecule has 2 heteroatoms. The summed E-state index contributed by atoms with van der Waals surface area (Å²) in [5.41, 5.74) is 1.73. The van der Waals surface area contributed by atoms with Gasteiger partial charge < -0.3 is 5.41 Å². The highest BCUT2D eigenvalue weighted by Gasteiger charge is 2.09. The van der Waals surface area contributed by atoms with Crippen molar-refractivity contribution < 1.29 is 0 Å². The van der Waals surface area contributed by atoms with Crippen LogP contribution in [0.1, 0.15) is 0 Å². The minimum Gasteiger partial charge on any atom is -0.304 e. The molecule has 0 radical (unpaired) electrons. The summed E-state index contributed by atoms with van der Waals surface area (Å²) in [7, 11) is 0. The van der Waals surface area contributed by atoms with Gasteiger partial charge in [-0.15, -0.1) is 0 Å². The largest absolute Gasteiger partial charge is 0.304 e. The lowest BCUT2D eigenvalue weighted by Gasteiger charge is -1.83. The maximum absolute atomic E-state index is 7.13. The molecule has 1 N–H and O–H groups in total. The van der Waals surface area contributed by atoms with Crippen LogP contribution in [-0.4, -0.2) is 17.2 Å². The molecule has 0 aromatic carbocycles. The van der Waals surface area contributed by atoms with Crippen LogP contribution in [0.4, 0.5) is 0 Å². The molecule has 1 rings (SSSR count). The van der Waals surface area contributed by atoms with Crippen LogP contribution in [0, 0.1) is 5.41 Å². The Balaban J connectivity index is 2.65. The van der Waals surface area contributed by atoms with Gasteiger partial charge in [-0.1, -0.05) is 6.58 Å². The lowest BCUT2D eigenvalue weighted by atomic mass is 10.2. The Bertz CT molecular complexity index is 103. The van der Waals surface area contributed by atoms with Gasteiger partial charge in [0.1, 0.15) is 0 Å². The van der Waals surface area contributed by atoms with E-state index in [1.807, 2.05) is 0 Å². The highest BCUT2D eigenvalue weighted by Crippen LogP contribution is 2.16. The summed E-state index contributed by atoms with van der Waals surface area (Å²) < 4.78 is 0. The van der Waals surface area contributed by atoms with Gasteiger partial charge in [0.15, 0.2) is 0 Å². The van der Waals surface area contributed by atoms with E-state index in [-0.39, 0.29) is 0 Å². The first-order chi connectivity index (χ1) is 3.30. The van der Waals surface area contributed by atoms with E-state index >= 15 is 0 Å². The smallest absolute Gasteiger partial charge is 0.0447 e. The number of thioether (sulfide) groups is 1. The molecule has 0 bridgehead atoms. The van der Waals surface area contributed by atoms with E-state index in [0.29, 0.717) is 0 Å². The van der Waals surface area contributed by atoms with Gasteiger partial charge in [0.2, 0.25) is 0 Å². The number of hydrogen-bond donors (Lipinski definition) is 1. The zero-order valence-corrected chi connectivity index (χ0v) is 4.85. The average Bonchev–Trinajstić information content (AvgIpc) is 1.91. The first kappa shape index (κ1) is 4.91. The van der Waals surface area contributed by atoms with Gasteiger partial charge in [-0.25, -0.2) is 0 Å². The van der Waals surface area contributed by atoms with Crippen LogP contribution in [0.25, 0.3) is 0 Å². The lowest BCUT2D eigenvalue weighted by Crippen LogP contribution is -1.92. The zero-order chi connectivity index (χ0) is 5.28. The van der Waals surface area contributed by atoms with Crippen molar-refractivity contribution in [3.05, 3.63) is 12.2 Å². The number of hydrogen-bond acceptors (Lipinski definition) is 2. The topological polar surface area (TPSA) is 23.9 Å². The molecule has 7 heavy (non-hydrogen) atoms. The summed E-state index contributed by atoms with van der Waals surface area (Å²) in [4.78, 5) is 0. The van der Waals surface area contributed by atoms with Gasteiger partial charge in [-0.05, 0) is 5.57 Å². The Hall–Kier alpha value is -0.240. The maximum Gasteiger partial charge on any atom is 0.0447 e. The van der Waals surface area contributed by atoms with Gasteiger partial charge in [-0.2, -0.15) is 11.8 Å². The molecule has 0 aliphatic carbocycles. The van der Waals surface area contributed by atoms with E-state index < -0.39 is 0 Å². The standard InChI is InChI=1S/C5H7NS/c1-4-2-7-3-5(4)6/h6H,1-3H2. The third kappa shape index (κ3) is 0.855. The quantitative estimate of drug-likeness (QED) is 0.503. The van der Waals surface area contributed by atoms with Gasteiger partial charge in [0, 0.05) is 17.2 Å². The van der Waals surface area contributed by atoms with Crippen LogP contribution in [0.3, 0.4) is 0 Å². The Kier molecular flexibility index (Phi) is 1.19. The number of rotatable bonds is 0. The van der Waals surface area contributed by atoms with Gasteiger partial charge >= 0.3 is 0 Å². The van der Waals surface area contributed by atoms with Gasteiger partial charge in [-0.3, -0.25) is 0 Å². The molecule has 0 aromatic rings. The molecule has 1 aliphatic heterocycles. The van der Waals surface area contributed by atoms with Crippen LogP contribution in [0.2, 0.25) is 0 Å². The molecule has 0 saturated carbocycles. The molecule has 0 unspecified atom stereocenters. The molecule has 1 nitrogen and oxygen atoms in total. The Labute approximate surface area is 47.3 Å². The molecule has 1 heterocycles. The van der Waals surface area contributed by atoms with E-state index in [2.05, 4.69) is 6.58 Å². The first-order valence-corrected chi connectivity index (χ1v) is 3.29. The van der Waals surface area contributed by atoms with Crippen molar-refractivity contribution in [2.24, 2.45) is 0 Å². The summed E-state index contributed by atoms with van der Waals surface area (Å²) in [5, 5.41) is 7.13. The third-order valence-electron chi connectivity index (χ3n) is 0.949. The second-order valence-electron chi connectivity index (χ2n) is 1.57. The summed E-state index contributed by atoms with van der Waals surface area (Å²) in [5.74, 6) is 1.84. The first-order valence-electron chi connectivity index (χ1n) is 2.14. The highest BCUT2D eigenvalue weighted by atomic mass is 32.2. The fourth-order valence-electron chi connectivity index (χ4n) is 0.465. The van der Waals surface area contributed by atoms with E-state index in [0.717, 1.165) is 22.8 Å².